The molecule has 1 unspecified atom stereocenters. The van der Waals surface area contributed by atoms with E-state index in [0.717, 1.165) is 19.4 Å². The number of carbonyl (C=O) groups is 1. The zero-order valence-corrected chi connectivity index (χ0v) is 11.0. The average Bonchev–Trinajstić information content (AvgIpc) is 2.26. The first-order valence-electron chi connectivity index (χ1n) is 6.06. The Morgan fingerprint density at radius 3 is 2.50 bits per heavy atom. The highest BCUT2D eigenvalue weighted by atomic mass is 16.3. The van der Waals surface area contributed by atoms with Crippen LogP contribution in [0.15, 0.2) is 0 Å². The maximum Gasteiger partial charge on any atom is 0.236 e. The van der Waals surface area contributed by atoms with Crippen molar-refractivity contribution in [2.24, 2.45) is 5.92 Å². The van der Waals surface area contributed by atoms with Gasteiger partial charge in [-0.3, -0.25) is 4.79 Å². The van der Waals surface area contributed by atoms with Crippen molar-refractivity contribution < 1.29 is 9.90 Å². The normalized spacial score (nSPS) is 12.9. The van der Waals surface area contributed by atoms with Crippen LogP contribution in [0.5, 0.6) is 0 Å². The summed E-state index contributed by atoms with van der Waals surface area (Å²) in [6, 6.07) is 0.253. The van der Waals surface area contributed by atoms with E-state index in [1.54, 1.807) is 4.90 Å². The van der Waals surface area contributed by atoms with E-state index in [9.17, 15) is 4.79 Å². The molecule has 0 spiro atoms. The summed E-state index contributed by atoms with van der Waals surface area (Å²) in [7, 11) is 1.82. The number of hydrogen-bond acceptors (Lipinski definition) is 3. The molecule has 0 saturated carbocycles. The molecule has 0 fully saturated rings. The number of hydrogen-bond donors (Lipinski definition) is 2. The van der Waals surface area contributed by atoms with Crippen molar-refractivity contribution in [3.63, 3.8) is 0 Å². The summed E-state index contributed by atoms with van der Waals surface area (Å²) in [6.45, 7) is 7.51. The molecule has 0 aliphatic heterocycles. The molecule has 0 heterocycles. The van der Waals surface area contributed by atoms with Crippen LogP contribution in [0, 0.1) is 5.92 Å². The summed E-state index contributed by atoms with van der Waals surface area (Å²) in [6.07, 6.45) is 2.00. The third-order valence-electron chi connectivity index (χ3n) is 2.81. The van der Waals surface area contributed by atoms with Crippen LogP contribution in [-0.4, -0.2) is 48.7 Å². The Balaban J connectivity index is 3.48. The van der Waals surface area contributed by atoms with Crippen LogP contribution in [0.1, 0.15) is 33.6 Å². The van der Waals surface area contributed by atoms with Gasteiger partial charge < -0.3 is 15.3 Å². The molecule has 96 valence electrons. The summed E-state index contributed by atoms with van der Waals surface area (Å²) < 4.78 is 0. The van der Waals surface area contributed by atoms with Crippen molar-refractivity contribution in [2.45, 2.75) is 39.7 Å². The van der Waals surface area contributed by atoms with Gasteiger partial charge in [0.15, 0.2) is 0 Å². The first kappa shape index (κ1) is 15.4. The zero-order chi connectivity index (χ0) is 12.6. The minimum absolute atomic E-state index is 0.130. The maximum absolute atomic E-state index is 11.6. The predicted octanol–water partition coefficient (Wildman–Crippen LogP) is 0.851. The van der Waals surface area contributed by atoms with Gasteiger partial charge in [-0.05, 0) is 39.2 Å². The smallest absolute Gasteiger partial charge is 0.236 e. The third kappa shape index (κ3) is 6.80. The van der Waals surface area contributed by atoms with Gasteiger partial charge in [-0.1, -0.05) is 6.92 Å². The minimum atomic E-state index is 0.130. The maximum atomic E-state index is 11.6. The molecule has 0 radical (unpaired) electrons. The average molecular weight is 230 g/mol. The topological polar surface area (TPSA) is 52.6 Å². The quantitative estimate of drug-likeness (QED) is 0.608. The number of nitrogens with one attached hydrogen (secondary N) is 1. The Hall–Kier alpha value is -0.610. The number of nitrogens with zero attached hydrogens (tertiary/aromatic N) is 1. The molecule has 2 N–H and O–H groups in total. The van der Waals surface area contributed by atoms with Crippen LogP contribution in [-0.2, 0) is 4.79 Å². The van der Waals surface area contributed by atoms with Gasteiger partial charge in [0, 0.05) is 19.7 Å². The Labute approximate surface area is 99.0 Å². The van der Waals surface area contributed by atoms with Crippen molar-refractivity contribution in [1.82, 2.24) is 10.2 Å². The molecule has 0 aliphatic rings. The van der Waals surface area contributed by atoms with Gasteiger partial charge in [0.1, 0.15) is 0 Å². The highest BCUT2D eigenvalue weighted by Gasteiger charge is 2.10. The third-order valence-corrected chi connectivity index (χ3v) is 2.81. The number of aliphatic hydroxyl groups excluding tert-OH is 1. The molecule has 0 rings (SSSR count). The van der Waals surface area contributed by atoms with E-state index in [2.05, 4.69) is 5.32 Å². The molecule has 16 heavy (non-hydrogen) atoms. The van der Waals surface area contributed by atoms with E-state index >= 15 is 0 Å². The molecular formula is C12H26N2O2. The Kier molecular flexibility index (Phi) is 8.21. The van der Waals surface area contributed by atoms with Crippen molar-refractivity contribution in [2.75, 3.05) is 26.7 Å². The van der Waals surface area contributed by atoms with Crippen LogP contribution in [0.3, 0.4) is 0 Å². The van der Waals surface area contributed by atoms with Gasteiger partial charge in [0.25, 0.3) is 0 Å². The molecule has 1 atom stereocenters. The summed E-state index contributed by atoms with van der Waals surface area (Å²) in [5.74, 6) is 0.487. The first-order chi connectivity index (χ1) is 7.49. The number of aliphatic hydroxyl groups is 1. The number of amides is 1. The van der Waals surface area contributed by atoms with E-state index in [0.29, 0.717) is 12.5 Å². The molecule has 0 aromatic carbocycles. The summed E-state index contributed by atoms with van der Waals surface area (Å²) in [5.41, 5.74) is 0. The monoisotopic (exact) mass is 230 g/mol. The second-order valence-electron chi connectivity index (χ2n) is 4.71. The van der Waals surface area contributed by atoms with Crippen molar-refractivity contribution in [3.8, 4) is 0 Å². The molecule has 0 saturated heterocycles. The highest BCUT2D eigenvalue weighted by Crippen LogP contribution is 2.02. The Morgan fingerprint density at radius 1 is 1.38 bits per heavy atom. The number of carbonyl (C=O) groups excluding carboxylic acids is 1. The Morgan fingerprint density at radius 2 is 2.00 bits per heavy atom. The second-order valence-corrected chi connectivity index (χ2v) is 4.71. The van der Waals surface area contributed by atoms with Crippen LogP contribution in [0.2, 0.25) is 0 Å². The van der Waals surface area contributed by atoms with Crippen LogP contribution in [0.25, 0.3) is 0 Å². The van der Waals surface area contributed by atoms with Crippen molar-refractivity contribution >= 4 is 5.91 Å². The largest absolute Gasteiger partial charge is 0.396 e. The number of rotatable bonds is 8. The number of likely N-dealkylation sites (N-methyl/N-ethyl adjacent to an activating group) is 1. The van der Waals surface area contributed by atoms with Crippen LogP contribution >= 0.6 is 0 Å². The summed E-state index contributed by atoms with van der Waals surface area (Å²) in [4.78, 5) is 13.3. The molecule has 4 nitrogen and oxygen atoms in total. The van der Waals surface area contributed by atoms with E-state index in [4.69, 9.17) is 5.11 Å². The minimum Gasteiger partial charge on any atom is -0.396 e. The van der Waals surface area contributed by atoms with E-state index < -0.39 is 0 Å². The zero-order valence-electron chi connectivity index (χ0n) is 11.0. The van der Waals surface area contributed by atoms with Gasteiger partial charge in [-0.15, -0.1) is 0 Å². The molecule has 0 aromatic rings. The fourth-order valence-corrected chi connectivity index (χ4v) is 1.27. The lowest BCUT2D eigenvalue weighted by molar-refractivity contribution is -0.130. The lowest BCUT2D eigenvalue weighted by Crippen LogP contribution is -2.39. The van der Waals surface area contributed by atoms with E-state index in [-0.39, 0.29) is 18.6 Å². The van der Waals surface area contributed by atoms with Gasteiger partial charge in [-0.2, -0.15) is 0 Å². The lowest BCUT2D eigenvalue weighted by Gasteiger charge is -2.21. The van der Waals surface area contributed by atoms with Crippen LogP contribution in [0.4, 0.5) is 0 Å². The second kappa shape index (κ2) is 8.53. The van der Waals surface area contributed by atoms with Gasteiger partial charge >= 0.3 is 0 Å². The lowest BCUT2D eigenvalue weighted by atomic mass is 10.1. The SMILES string of the molecule is CC(CO)CCCNCC(=O)N(C)C(C)C. The van der Waals surface area contributed by atoms with Gasteiger partial charge in [0.2, 0.25) is 5.91 Å². The van der Waals surface area contributed by atoms with Crippen LogP contribution < -0.4 is 5.32 Å². The molecule has 1 amide bonds. The molecule has 4 heteroatoms. The van der Waals surface area contributed by atoms with Crippen molar-refractivity contribution in [3.05, 3.63) is 0 Å². The standard InChI is InChI=1S/C12H26N2O2/c1-10(2)14(4)12(16)8-13-7-5-6-11(3)9-15/h10-11,13,15H,5-9H2,1-4H3. The van der Waals surface area contributed by atoms with Gasteiger partial charge in [-0.25, -0.2) is 0 Å². The molecule has 0 bridgehead atoms. The Bertz CT molecular complexity index is 195. The van der Waals surface area contributed by atoms with Gasteiger partial charge in [0.05, 0.1) is 6.54 Å². The predicted molar refractivity (Wildman–Crippen MR) is 66.3 cm³/mol. The summed E-state index contributed by atoms with van der Waals surface area (Å²) >= 11 is 0. The first-order valence-corrected chi connectivity index (χ1v) is 6.06. The van der Waals surface area contributed by atoms with E-state index in [1.807, 2.05) is 27.8 Å². The summed E-state index contributed by atoms with van der Waals surface area (Å²) in [5, 5.41) is 12.0. The van der Waals surface area contributed by atoms with E-state index in [1.165, 1.54) is 0 Å². The molecule has 0 aliphatic carbocycles. The van der Waals surface area contributed by atoms with Crippen molar-refractivity contribution in [1.29, 1.82) is 0 Å². The molecule has 0 aromatic heterocycles. The molecular weight excluding hydrogens is 204 g/mol. The fourth-order valence-electron chi connectivity index (χ4n) is 1.27. The fraction of sp³-hybridized carbons (Fsp3) is 0.917. The highest BCUT2D eigenvalue weighted by molar-refractivity contribution is 5.78.